The topological polar surface area (TPSA) is 116 Å². The van der Waals surface area contributed by atoms with E-state index in [1.807, 2.05) is 66.4 Å². The van der Waals surface area contributed by atoms with E-state index in [0.717, 1.165) is 21.9 Å². The molecule has 2 aromatic heterocycles. The highest BCUT2D eigenvalue weighted by Crippen LogP contribution is 2.34. The van der Waals surface area contributed by atoms with E-state index >= 15 is 0 Å². The summed E-state index contributed by atoms with van der Waals surface area (Å²) >= 11 is 0. The first-order valence-corrected chi connectivity index (χ1v) is 13.8. The molecule has 2 aromatic carbocycles. The van der Waals surface area contributed by atoms with Crippen LogP contribution in [0.15, 0.2) is 65.3 Å². The van der Waals surface area contributed by atoms with E-state index in [1.165, 1.54) is 4.90 Å². The summed E-state index contributed by atoms with van der Waals surface area (Å²) in [4.78, 5) is 40.4. The monoisotopic (exact) mass is 540 g/mol. The second-order valence-corrected chi connectivity index (χ2v) is 10.6. The van der Waals surface area contributed by atoms with Gasteiger partial charge in [0.2, 0.25) is 11.7 Å². The number of carbonyl (C=O) groups is 2. The highest BCUT2D eigenvalue weighted by atomic mass is 16.5. The number of piperidine rings is 2. The van der Waals surface area contributed by atoms with E-state index in [9.17, 15) is 14.7 Å². The SMILES string of the molecule is Cc1cccc2ccnc(N(C(=O)N3CCC(c4nc(-c5ccccc5)no4)CC3)[C@@H]3CCCN(C(=O)O)C3)c12. The molecule has 2 aliphatic heterocycles. The fraction of sp³-hybridized carbons (Fsp3) is 0.367. The minimum absolute atomic E-state index is 0.0672. The average molecular weight is 541 g/mol. The predicted molar refractivity (Wildman–Crippen MR) is 150 cm³/mol. The minimum Gasteiger partial charge on any atom is -0.465 e. The molecule has 1 N–H and O–H groups in total. The molecule has 2 fully saturated rings. The Morgan fingerprint density at radius 3 is 2.55 bits per heavy atom. The molecule has 10 nitrogen and oxygen atoms in total. The number of benzene rings is 2. The van der Waals surface area contributed by atoms with Gasteiger partial charge in [-0.15, -0.1) is 0 Å². The van der Waals surface area contributed by atoms with Crippen LogP contribution in [-0.4, -0.2) is 74.4 Å². The number of anilines is 1. The Hall–Kier alpha value is -4.47. The van der Waals surface area contributed by atoms with Crippen molar-refractivity contribution in [1.82, 2.24) is 24.9 Å². The normalized spacial score (nSPS) is 18.2. The maximum atomic E-state index is 14.3. The molecule has 0 saturated carbocycles. The van der Waals surface area contributed by atoms with Gasteiger partial charge < -0.3 is 19.4 Å². The summed E-state index contributed by atoms with van der Waals surface area (Å²) in [6.07, 6.45) is 3.55. The molecule has 0 aliphatic carbocycles. The van der Waals surface area contributed by atoms with Crippen LogP contribution >= 0.6 is 0 Å². The summed E-state index contributed by atoms with van der Waals surface area (Å²) < 4.78 is 5.62. The molecule has 0 bridgehead atoms. The van der Waals surface area contributed by atoms with Crippen LogP contribution in [0.1, 0.15) is 43.1 Å². The smallest absolute Gasteiger partial charge is 0.407 e. The van der Waals surface area contributed by atoms with Gasteiger partial charge in [-0.2, -0.15) is 4.98 Å². The molecule has 3 amide bonds. The van der Waals surface area contributed by atoms with E-state index < -0.39 is 6.09 Å². The lowest BCUT2D eigenvalue weighted by molar-refractivity contribution is 0.127. The van der Waals surface area contributed by atoms with Crippen LogP contribution in [-0.2, 0) is 0 Å². The molecule has 0 unspecified atom stereocenters. The Kier molecular flexibility index (Phi) is 7.06. The quantitative estimate of drug-likeness (QED) is 0.361. The number of fused-ring (bicyclic) bond motifs is 1. The first-order valence-electron chi connectivity index (χ1n) is 13.8. The zero-order chi connectivity index (χ0) is 27.6. The standard InChI is InChI=1S/C30H32N6O4/c1-20-7-5-10-21-12-15-31-27(25(20)21)36(24-11-6-16-35(19-24)30(38)39)29(37)34-17-13-23(14-18-34)28-32-26(33-40-28)22-8-3-2-4-9-22/h2-5,7-10,12,15,23-24H,6,11,13-14,16-19H2,1H3,(H,38,39)/t24-/m1/s1. The molecule has 0 spiro atoms. The summed E-state index contributed by atoms with van der Waals surface area (Å²) in [5.41, 5.74) is 1.93. The molecule has 6 rings (SSSR count). The number of aryl methyl sites for hydroxylation is 1. The van der Waals surface area contributed by atoms with Crippen LogP contribution in [0.2, 0.25) is 0 Å². The van der Waals surface area contributed by atoms with Gasteiger partial charge in [0.05, 0.1) is 6.04 Å². The zero-order valence-electron chi connectivity index (χ0n) is 22.4. The van der Waals surface area contributed by atoms with Crippen LogP contribution < -0.4 is 4.90 Å². The Morgan fingerprint density at radius 2 is 1.77 bits per heavy atom. The number of carboxylic acid groups (broad SMARTS) is 1. The van der Waals surface area contributed by atoms with Gasteiger partial charge >= 0.3 is 12.1 Å². The minimum atomic E-state index is -0.964. The number of likely N-dealkylation sites (tertiary alicyclic amines) is 2. The summed E-state index contributed by atoms with van der Waals surface area (Å²) in [6, 6.07) is 17.2. The number of nitrogens with zero attached hydrogens (tertiary/aromatic N) is 6. The van der Waals surface area contributed by atoms with Gasteiger partial charge in [0.15, 0.2) is 0 Å². The van der Waals surface area contributed by atoms with Crippen LogP contribution in [0, 0.1) is 6.92 Å². The number of hydrogen-bond donors (Lipinski definition) is 1. The van der Waals surface area contributed by atoms with Crippen LogP contribution in [0.4, 0.5) is 15.4 Å². The van der Waals surface area contributed by atoms with Crippen LogP contribution in [0.3, 0.4) is 0 Å². The highest BCUT2D eigenvalue weighted by Gasteiger charge is 2.37. The van der Waals surface area contributed by atoms with Gasteiger partial charge in [0.25, 0.3) is 0 Å². The van der Waals surface area contributed by atoms with Crippen molar-refractivity contribution >= 4 is 28.7 Å². The summed E-state index contributed by atoms with van der Waals surface area (Å²) in [5.74, 6) is 1.82. The van der Waals surface area contributed by atoms with Gasteiger partial charge in [-0.3, -0.25) is 4.90 Å². The fourth-order valence-electron chi connectivity index (χ4n) is 5.90. The number of aromatic nitrogens is 3. The van der Waals surface area contributed by atoms with Gasteiger partial charge in [0.1, 0.15) is 5.82 Å². The van der Waals surface area contributed by atoms with E-state index in [4.69, 9.17) is 9.51 Å². The lowest BCUT2D eigenvalue weighted by Gasteiger charge is -2.41. The Morgan fingerprint density at radius 1 is 0.975 bits per heavy atom. The van der Waals surface area contributed by atoms with Crippen molar-refractivity contribution in [2.45, 2.75) is 44.6 Å². The summed E-state index contributed by atoms with van der Waals surface area (Å²) in [7, 11) is 0. The molecule has 206 valence electrons. The van der Waals surface area contributed by atoms with Crippen molar-refractivity contribution in [2.24, 2.45) is 0 Å². The van der Waals surface area contributed by atoms with Crippen molar-refractivity contribution in [3.63, 3.8) is 0 Å². The lowest BCUT2D eigenvalue weighted by atomic mass is 9.96. The van der Waals surface area contributed by atoms with Gasteiger partial charge in [0, 0.05) is 49.2 Å². The van der Waals surface area contributed by atoms with E-state index in [-0.39, 0.29) is 24.5 Å². The number of pyridine rings is 1. The first-order chi connectivity index (χ1) is 19.5. The van der Waals surface area contributed by atoms with Gasteiger partial charge in [-0.25, -0.2) is 14.6 Å². The third kappa shape index (κ3) is 4.97. The van der Waals surface area contributed by atoms with Crippen LogP contribution in [0.5, 0.6) is 0 Å². The molecular weight excluding hydrogens is 508 g/mol. The third-order valence-electron chi connectivity index (χ3n) is 8.03. The van der Waals surface area contributed by atoms with E-state index in [1.54, 1.807) is 11.1 Å². The largest absolute Gasteiger partial charge is 0.465 e. The number of amides is 3. The second kappa shape index (κ2) is 11.0. The average Bonchev–Trinajstić information content (AvgIpc) is 3.49. The molecule has 0 radical (unpaired) electrons. The molecule has 1 atom stereocenters. The second-order valence-electron chi connectivity index (χ2n) is 10.6. The van der Waals surface area contributed by atoms with Crippen molar-refractivity contribution in [2.75, 3.05) is 31.1 Å². The van der Waals surface area contributed by atoms with Gasteiger partial charge in [-0.1, -0.05) is 53.7 Å². The Balaban J connectivity index is 1.25. The maximum absolute atomic E-state index is 14.3. The molecule has 4 aromatic rings. The number of rotatable bonds is 4. The number of hydrogen-bond acceptors (Lipinski definition) is 6. The maximum Gasteiger partial charge on any atom is 0.407 e. The Labute approximate surface area is 232 Å². The summed E-state index contributed by atoms with van der Waals surface area (Å²) in [6.45, 7) is 3.80. The summed E-state index contributed by atoms with van der Waals surface area (Å²) in [5, 5.41) is 15.8. The lowest BCUT2D eigenvalue weighted by Crippen LogP contribution is -2.56. The zero-order valence-corrected chi connectivity index (χ0v) is 22.4. The van der Waals surface area contributed by atoms with Crippen molar-refractivity contribution in [3.8, 4) is 11.4 Å². The molecule has 40 heavy (non-hydrogen) atoms. The van der Waals surface area contributed by atoms with Gasteiger partial charge in [-0.05, 0) is 49.6 Å². The molecule has 2 aliphatic rings. The Bertz CT molecular complexity index is 1510. The van der Waals surface area contributed by atoms with E-state index in [2.05, 4.69) is 10.1 Å². The molecule has 2 saturated heterocycles. The van der Waals surface area contributed by atoms with Crippen molar-refractivity contribution in [1.29, 1.82) is 0 Å². The first kappa shape index (κ1) is 25.8. The number of urea groups is 1. The third-order valence-corrected chi connectivity index (χ3v) is 8.03. The van der Waals surface area contributed by atoms with E-state index in [0.29, 0.717) is 62.9 Å². The number of carbonyl (C=O) groups excluding carboxylic acids is 1. The molecule has 10 heteroatoms. The molecular formula is C30H32N6O4. The van der Waals surface area contributed by atoms with Crippen LogP contribution in [0.25, 0.3) is 22.2 Å². The molecule has 4 heterocycles. The van der Waals surface area contributed by atoms with Crippen molar-refractivity contribution < 1.29 is 19.2 Å². The van der Waals surface area contributed by atoms with Crippen molar-refractivity contribution in [3.05, 3.63) is 72.2 Å². The predicted octanol–water partition coefficient (Wildman–Crippen LogP) is 5.54. The fourth-order valence-corrected chi connectivity index (χ4v) is 5.90. The highest BCUT2D eigenvalue weighted by molar-refractivity contribution is 6.03.